The van der Waals surface area contributed by atoms with Crippen molar-refractivity contribution in [2.24, 2.45) is 7.05 Å². The van der Waals surface area contributed by atoms with E-state index < -0.39 is 0 Å². The molecule has 0 fully saturated rings. The topological polar surface area (TPSA) is 71.8 Å². The fraction of sp³-hybridized carbons (Fsp3) is 0.167. The van der Waals surface area contributed by atoms with E-state index in [-0.39, 0.29) is 11.7 Å². The molecule has 3 aromatic rings. The van der Waals surface area contributed by atoms with Gasteiger partial charge in [0.25, 0.3) is 0 Å². The van der Waals surface area contributed by atoms with Crippen molar-refractivity contribution in [2.75, 3.05) is 16.4 Å². The predicted molar refractivity (Wildman–Crippen MR) is 111 cm³/mol. The van der Waals surface area contributed by atoms with Gasteiger partial charge in [-0.3, -0.25) is 4.79 Å². The van der Waals surface area contributed by atoms with Crippen LogP contribution in [0.4, 0.5) is 11.4 Å². The average Bonchev–Trinajstić information content (AvgIpc) is 3.00. The van der Waals surface area contributed by atoms with E-state index in [4.69, 9.17) is 23.2 Å². The first-order valence-corrected chi connectivity index (χ1v) is 9.81. The Morgan fingerprint density at radius 2 is 1.85 bits per heavy atom. The minimum absolute atomic E-state index is 0.121. The molecular formula is C18H17Cl2N5OS. The van der Waals surface area contributed by atoms with E-state index in [9.17, 15) is 4.79 Å². The number of hydrogen-bond donors (Lipinski definition) is 2. The Hall–Kier alpha value is -2.22. The van der Waals surface area contributed by atoms with Gasteiger partial charge in [-0.1, -0.05) is 41.0 Å². The lowest BCUT2D eigenvalue weighted by Gasteiger charge is -2.07. The molecule has 2 aromatic carbocycles. The molecule has 0 saturated carbocycles. The molecule has 0 aliphatic heterocycles. The van der Waals surface area contributed by atoms with Crippen molar-refractivity contribution in [1.82, 2.24) is 14.8 Å². The molecule has 1 amide bonds. The fourth-order valence-corrected chi connectivity index (χ4v) is 3.31. The molecule has 2 N–H and O–H groups in total. The van der Waals surface area contributed by atoms with Gasteiger partial charge in [-0.2, -0.15) is 0 Å². The summed E-state index contributed by atoms with van der Waals surface area (Å²) in [5, 5.41) is 16.4. The highest BCUT2D eigenvalue weighted by atomic mass is 35.5. The summed E-state index contributed by atoms with van der Waals surface area (Å²) >= 11 is 13.1. The van der Waals surface area contributed by atoms with E-state index in [1.54, 1.807) is 24.3 Å². The number of thioether (sulfide) groups is 1. The van der Waals surface area contributed by atoms with Crippen LogP contribution in [-0.2, 0) is 18.4 Å². The third-order valence-electron chi connectivity index (χ3n) is 3.66. The number of aromatic nitrogens is 3. The number of anilines is 2. The van der Waals surface area contributed by atoms with Gasteiger partial charge >= 0.3 is 0 Å². The van der Waals surface area contributed by atoms with Gasteiger partial charge < -0.3 is 15.2 Å². The molecule has 9 heteroatoms. The van der Waals surface area contributed by atoms with Crippen LogP contribution in [0.2, 0.25) is 10.0 Å². The molecular weight excluding hydrogens is 405 g/mol. The van der Waals surface area contributed by atoms with Crippen LogP contribution in [0.25, 0.3) is 0 Å². The summed E-state index contributed by atoms with van der Waals surface area (Å²) in [6, 6.07) is 14.4. The van der Waals surface area contributed by atoms with E-state index in [1.165, 1.54) is 11.8 Å². The maximum Gasteiger partial charge on any atom is 0.234 e. The average molecular weight is 422 g/mol. The number of carbonyl (C=O) groups is 1. The Morgan fingerprint density at radius 1 is 1.07 bits per heavy atom. The number of hydrogen-bond acceptors (Lipinski definition) is 5. The van der Waals surface area contributed by atoms with Crippen LogP contribution in [0.15, 0.2) is 53.7 Å². The second-order valence-corrected chi connectivity index (χ2v) is 7.48. The molecule has 3 rings (SSSR count). The molecule has 0 unspecified atom stereocenters. The monoisotopic (exact) mass is 421 g/mol. The normalized spacial score (nSPS) is 10.6. The van der Waals surface area contributed by atoms with E-state index in [0.29, 0.717) is 27.4 Å². The number of nitrogens with one attached hydrogen (secondary N) is 2. The van der Waals surface area contributed by atoms with Crippen LogP contribution in [0.1, 0.15) is 5.82 Å². The maximum atomic E-state index is 12.1. The second-order valence-electron chi connectivity index (χ2n) is 5.67. The van der Waals surface area contributed by atoms with Crippen molar-refractivity contribution in [3.63, 3.8) is 0 Å². The Balaban J connectivity index is 1.52. The minimum Gasteiger partial charge on any atom is -0.378 e. The van der Waals surface area contributed by atoms with Gasteiger partial charge in [0.15, 0.2) is 11.0 Å². The first-order valence-electron chi connectivity index (χ1n) is 8.07. The van der Waals surface area contributed by atoms with Crippen LogP contribution in [0.5, 0.6) is 0 Å². The fourth-order valence-electron chi connectivity index (χ4n) is 2.26. The van der Waals surface area contributed by atoms with Crippen LogP contribution in [0.3, 0.4) is 0 Å². The second kappa shape index (κ2) is 9.12. The summed E-state index contributed by atoms with van der Waals surface area (Å²) < 4.78 is 1.86. The van der Waals surface area contributed by atoms with Gasteiger partial charge in [0.05, 0.1) is 12.3 Å². The molecule has 0 atom stereocenters. The Kier molecular flexibility index (Phi) is 6.60. The van der Waals surface area contributed by atoms with Crippen molar-refractivity contribution < 1.29 is 4.79 Å². The third kappa shape index (κ3) is 5.63. The summed E-state index contributed by atoms with van der Waals surface area (Å²) in [5.74, 6) is 0.871. The Bertz CT molecular complexity index is 930. The van der Waals surface area contributed by atoms with Gasteiger partial charge in [0, 0.05) is 28.5 Å². The van der Waals surface area contributed by atoms with E-state index in [1.807, 2.05) is 35.9 Å². The minimum atomic E-state index is -0.121. The lowest BCUT2D eigenvalue weighted by molar-refractivity contribution is -0.113. The molecule has 0 radical (unpaired) electrons. The zero-order chi connectivity index (χ0) is 19.2. The number of nitrogens with zero attached hydrogens (tertiary/aromatic N) is 3. The van der Waals surface area contributed by atoms with Crippen LogP contribution in [-0.4, -0.2) is 26.4 Å². The van der Waals surface area contributed by atoms with Gasteiger partial charge in [0.1, 0.15) is 0 Å². The SMILES string of the molecule is Cn1c(CNc2cccc(Cl)c2)nnc1SCC(=O)Nc1ccc(Cl)cc1. The molecule has 1 aromatic heterocycles. The molecule has 0 aliphatic carbocycles. The zero-order valence-electron chi connectivity index (χ0n) is 14.4. The van der Waals surface area contributed by atoms with Gasteiger partial charge in [-0.15, -0.1) is 10.2 Å². The summed E-state index contributed by atoms with van der Waals surface area (Å²) in [5.41, 5.74) is 1.61. The summed E-state index contributed by atoms with van der Waals surface area (Å²) in [6.07, 6.45) is 0. The Morgan fingerprint density at radius 3 is 2.59 bits per heavy atom. The van der Waals surface area contributed by atoms with Gasteiger partial charge in [-0.25, -0.2) is 0 Å². The van der Waals surface area contributed by atoms with Crippen molar-refractivity contribution in [1.29, 1.82) is 0 Å². The predicted octanol–water partition coefficient (Wildman–Crippen LogP) is 4.46. The summed E-state index contributed by atoms with van der Waals surface area (Å²) in [7, 11) is 1.87. The molecule has 0 bridgehead atoms. The van der Waals surface area contributed by atoms with Crippen molar-refractivity contribution in [2.45, 2.75) is 11.7 Å². The van der Waals surface area contributed by atoms with Crippen LogP contribution >= 0.6 is 35.0 Å². The maximum absolute atomic E-state index is 12.1. The first-order chi connectivity index (χ1) is 13.0. The van der Waals surface area contributed by atoms with E-state index >= 15 is 0 Å². The molecule has 27 heavy (non-hydrogen) atoms. The van der Waals surface area contributed by atoms with Crippen molar-refractivity contribution in [3.05, 3.63) is 64.4 Å². The van der Waals surface area contributed by atoms with Gasteiger partial charge in [-0.05, 0) is 42.5 Å². The number of amides is 1. The van der Waals surface area contributed by atoms with Crippen molar-refractivity contribution >= 4 is 52.2 Å². The highest BCUT2D eigenvalue weighted by Gasteiger charge is 2.11. The van der Waals surface area contributed by atoms with E-state index in [0.717, 1.165) is 11.5 Å². The molecule has 0 saturated heterocycles. The summed E-state index contributed by atoms with van der Waals surface area (Å²) in [6.45, 7) is 0.501. The molecule has 0 spiro atoms. The van der Waals surface area contributed by atoms with Gasteiger partial charge in [0.2, 0.25) is 5.91 Å². The molecule has 1 heterocycles. The number of benzene rings is 2. The zero-order valence-corrected chi connectivity index (χ0v) is 16.8. The lowest BCUT2D eigenvalue weighted by Crippen LogP contribution is -2.14. The molecule has 140 valence electrons. The highest BCUT2D eigenvalue weighted by Crippen LogP contribution is 2.19. The summed E-state index contributed by atoms with van der Waals surface area (Å²) in [4.78, 5) is 12.1. The third-order valence-corrected chi connectivity index (χ3v) is 5.17. The number of carbonyl (C=O) groups excluding carboxylic acids is 1. The van der Waals surface area contributed by atoms with Crippen LogP contribution in [0, 0.1) is 0 Å². The van der Waals surface area contributed by atoms with Crippen LogP contribution < -0.4 is 10.6 Å². The number of halogens is 2. The first kappa shape index (κ1) is 19.5. The smallest absolute Gasteiger partial charge is 0.234 e. The number of rotatable bonds is 7. The lowest BCUT2D eigenvalue weighted by atomic mass is 10.3. The highest BCUT2D eigenvalue weighted by molar-refractivity contribution is 7.99. The standard InChI is InChI=1S/C18H17Cl2N5OS/c1-25-16(10-21-15-4-2-3-13(20)9-15)23-24-18(25)27-11-17(26)22-14-7-5-12(19)6-8-14/h2-9,21H,10-11H2,1H3,(H,22,26). The quantitative estimate of drug-likeness (QED) is 0.550. The Labute approximate surface area is 171 Å². The van der Waals surface area contributed by atoms with E-state index in [2.05, 4.69) is 20.8 Å². The molecule has 6 nitrogen and oxygen atoms in total. The molecule has 0 aliphatic rings. The largest absolute Gasteiger partial charge is 0.378 e. The van der Waals surface area contributed by atoms with Crippen molar-refractivity contribution in [3.8, 4) is 0 Å².